The molecule has 27 heavy (non-hydrogen) atoms. The molecule has 0 radical (unpaired) electrons. The van der Waals surface area contributed by atoms with Crippen LogP contribution in [-0.2, 0) is 10.2 Å². The quantitative estimate of drug-likeness (QED) is 0.713. The first kappa shape index (κ1) is 18.4. The molecule has 2 aliphatic rings. The molecule has 2 atom stereocenters. The monoisotopic (exact) mass is 382 g/mol. The van der Waals surface area contributed by atoms with E-state index in [1.807, 2.05) is 6.07 Å². The average molecular weight is 383 g/mol. The summed E-state index contributed by atoms with van der Waals surface area (Å²) < 4.78 is 6.58. The van der Waals surface area contributed by atoms with E-state index in [-0.39, 0.29) is 11.5 Å². The van der Waals surface area contributed by atoms with Crippen molar-refractivity contribution >= 4 is 29.1 Å². The lowest BCUT2D eigenvalue weighted by molar-refractivity contribution is -0.0355. The minimum absolute atomic E-state index is 0.175. The fraction of sp³-hybridized carbons (Fsp3) is 0.391. The zero-order chi connectivity index (χ0) is 19.4. The third kappa shape index (κ3) is 2.76. The summed E-state index contributed by atoms with van der Waals surface area (Å²) in [7, 11) is 4.11. The fourth-order valence-corrected chi connectivity index (χ4v) is 4.60. The SMILES string of the molecule is CC1CN2c3ccc(Cl)cc3C(C)(C)C2(C=Cc2ccc(N(C)C)cc2)O1. The maximum atomic E-state index is 6.58. The number of anilines is 2. The van der Waals surface area contributed by atoms with Crippen molar-refractivity contribution in [1.29, 1.82) is 0 Å². The second-order valence-electron chi connectivity index (χ2n) is 8.34. The molecule has 2 aromatic rings. The maximum Gasteiger partial charge on any atom is 0.170 e. The highest BCUT2D eigenvalue weighted by molar-refractivity contribution is 6.30. The molecule has 4 heteroatoms. The van der Waals surface area contributed by atoms with Crippen molar-refractivity contribution < 1.29 is 4.74 Å². The van der Waals surface area contributed by atoms with E-state index >= 15 is 0 Å². The summed E-state index contributed by atoms with van der Waals surface area (Å²) in [6, 6.07) is 14.8. The number of fused-ring (bicyclic) bond motifs is 3. The molecule has 0 saturated carbocycles. The molecule has 2 unspecified atom stereocenters. The predicted octanol–water partition coefficient (Wildman–Crippen LogP) is 5.33. The summed E-state index contributed by atoms with van der Waals surface area (Å²) in [5.74, 6) is 0. The standard InChI is InChI=1S/C23H27ClN2O/c1-16-15-26-21-11-8-18(24)14-20(21)22(2,3)23(26,27-16)13-12-17-6-9-19(10-7-17)25(4)5/h6-14,16H,15H2,1-5H3. The van der Waals surface area contributed by atoms with Crippen LogP contribution in [0.3, 0.4) is 0 Å². The second-order valence-corrected chi connectivity index (χ2v) is 8.78. The Bertz CT molecular complexity index is 888. The molecule has 2 heterocycles. The first-order valence-electron chi connectivity index (χ1n) is 9.47. The molecule has 0 N–H and O–H groups in total. The smallest absolute Gasteiger partial charge is 0.170 e. The van der Waals surface area contributed by atoms with E-state index < -0.39 is 5.72 Å². The first-order valence-corrected chi connectivity index (χ1v) is 9.84. The van der Waals surface area contributed by atoms with E-state index in [2.05, 4.69) is 93.2 Å². The van der Waals surface area contributed by atoms with Gasteiger partial charge in [-0.05, 0) is 54.5 Å². The van der Waals surface area contributed by atoms with Crippen LogP contribution in [-0.4, -0.2) is 32.5 Å². The van der Waals surface area contributed by atoms with Gasteiger partial charge < -0.3 is 14.5 Å². The number of ether oxygens (including phenoxy) is 1. The van der Waals surface area contributed by atoms with Crippen molar-refractivity contribution in [2.45, 2.75) is 38.0 Å². The molecule has 0 aromatic heterocycles. The summed E-state index contributed by atoms with van der Waals surface area (Å²) in [4.78, 5) is 4.50. The molecule has 0 aliphatic carbocycles. The Morgan fingerprint density at radius 2 is 1.85 bits per heavy atom. The van der Waals surface area contributed by atoms with Gasteiger partial charge in [-0.25, -0.2) is 0 Å². The largest absolute Gasteiger partial charge is 0.378 e. The third-order valence-corrected chi connectivity index (χ3v) is 6.19. The highest BCUT2D eigenvalue weighted by Crippen LogP contribution is 2.56. The van der Waals surface area contributed by atoms with Crippen molar-refractivity contribution in [2.75, 3.05) is 30.4 Å². The summed E-state index contributed by atoms with van der Waals surface area (Å²) in [5, 5.41) is 0.773. The molecular formula is C23H27ClN2O. The van der Waals surface area contributed by atoms with Gasteiger partial charge in [-0.15, -0.1) is 0 Å². The van der Waals surface area contributed by atoms with Gasteiger partial charge in [0.15, 0.2) is 5.72 Å². The predicted molar refractivity (Wildman–Crippen MR) is 115 cm³/mol. The molecule has 0 spiro atoms. The van der Waals surface area contributed by atoms with Crippen LogP contribution in [0, 0.1) is 0 Å². The van der Waals surface area contributed by atoms with Gasteiger partial charge in [0.2, 0.25) is 0 Å². The normalized spacial score (nSPS) is 25.7. The summed E-state index contributed by atoms with van der Waals surface area (Å²) in [6.45, 7) is 7.52. The van der Waals surface area contributed by atoms with Crippen LogP contribution in [0.2, 0.25) is 5.02 Å². The zero-order valence-electron chi connectivity index (χ0n) is 16.7. The number of halogens is 1. The van der Waals surface area contributed by atoms with Gasteiger partial charge in [-0.1, -0.05) is 43.7 Å². The van der Waals surface area contributed by atoms with Crippen molar-refractivity contribution in [3.8, 4) is 0 Å². The van der Waals surface area contributed by atoms with E-state index in [1.165, 1.54) is 22.5 Å². The van der Waals surface area contributed by atoms with E-state index in [1.54, 1.807) is 0 Å². The van der Waals surface area contributed by atoms with Crippen LogP contribution in [0.1, 0.15) is 31.9 Å². The van der Waals surface area contributed by atoms with Gasteiger partial charge in [0.1, 0.15) is 0 Å². The first-order chi connectivity index (χ1) is 12.7. The lowest BCUT2D eigenvalue weighted by Gasteiger charge is -2.40. The number of benzene rings is 2. The number of hydrogen-bond donors (Lipinski definition) is 0. The van der Waals surface area contributed by atoms with Crippen LogP contribution in [0.4, 0.5) is 11.4 Å². The van der Waals surface area contributed by atoms with E-state index in [0.29, 0.717) is 0 Å². The molecule has 3 nitrogen and oxygen atoms in total. The van der Waals surface area contributed by atoms with E-state index in [4.69, 9.17) is 16.3 Å². The van der Waals surface area contributed by atoms with Gasteiger partial charge in [0.25, 0.3) is 0 Å². The van der Waals surface area contributed by atoms with Gasteiger partial charge >= 0.3 is 0 Å². The molecule has 1 saturated heterocycles. The van der Waals surface area contributed by atoms with E-state index in [0.717, 1.165) is 11.6 Å². The highest BCUT2D eigenvalue weighted by Gasteiger charge is 2.60. The third-order valence-electron chi connectivity index (χ3n) is 5.95. The van der Waals surface area contributed by atoms with Gasteiger partial charge in [0.05, 0.1) is 6.10 Å². The second kappa shape index (κ2) is 6.29. The Morgan fingerprint density at radius 1 is 1.15 bits per heavy atom. The Morgan fingerprint density at radius 3 is 2.52 bits per heavy atom. The topological polar surface area (TPSA) is 15.7 Å². The molecule has 1 fully saturated rings. The fourth-order valence-electron chi connectivity index (χ4n) is 4.43. The summed E-state index contributed by atoms with van der Waals surface area (Å²) in [5.41, 5.74) is 4.12. The average Bonchev–Trinajstić information content (AvgIpc) is 3.05. The van der Waals surface area contributed by atoms with Crippen LogP contribution in [0.15, 0.2) is 48.5 Å². The van der Waals surface area contributed by atoms with Gasteiger partial charge in [-0.2, -0.15) is 0 Å². The van der Waals surface area contributed by atoms with Gasteiger partial charge in [-0.3, -0.25) is 0 Å². The van der Waals surface area contributed by atoms with Crippen LogP contribution >= 0.6 is 11.6 Å². The molecule has 4 rings (SSSR count). The van der Waals surface area contributed by atoms with Gasteiger partial charge in [0, 0.05) is 42.5 Å². The lowest BCUT2D eigenvalue weighted by atomic mass is 9.77. The number of rotatable bonds is 3. The van der Waals surface area contributed by atoms with E-state index in [9.17, 15) is 0 Å². The summed E-state index contributed by atoms with van der Waals surface area (Å²) >= 11 is 6.31. The number of hydrogen-bond acceptors (Lipinski definition) is 3. The van der Waals surface area contributed by atoms with Crippen LogP contribution < -0.4 is 9.80 Å². The molecule has 0 amide bonds. The Labute approximate surface area is 167 Å². The highest BCUT2D eigenvalue weighted by atomic mass is 35.5. The minimum Gasteiger partial charge on any atom is -0.378 e. The molecule has 0 bridgehead atoms. The van der Waals surface area contributed by atoms with Crippen LogP contribution in [0.25, 0.3) is 6.08 Å². The molecular weight excluding hydrogens is 356 g/mol. The Balaban J connectivity index is 1.75. The van der Waals surface area contributed by atoms with Crippen molar-refractivity contribution in [1.82, 2.24) is 0 Å². The van der Waals surface area contributed by atoms with Crippen molar-refractivity contribution in [3.63, 3.8) is 0 Å². The molecule has 2 aliphatic heterocycles. The maximum absolute atomic E-state index is 6.58. The van der Waals surface area contributed by atoms with Crippen molar-refractivity contribution in [3.05, 3.63) is 64.7 Å². The zero-order valence-corrected chi connectivity index (χ0v) is 17.4. The van der Waals surface area contributed by atoms with Crippen molar-refractivity contribution in [2.24, 2.45) is 0 Å². The summed E-state index contributed by atoms with van der Waals surface area (Å²) in [6.07, 6.45) is 4.59. The molecule has 142 valence electrons. The molecule has 2 aromatic carbocycles. The minimum atomic E-state index is -0.500. The number of nitrogens with zero attached hydrogens (tertiary/aromatic N) is 2. The lowest BCUT2D eigenvalue weighted by Crippen LogP contribution is -2.51. The Kier molecular flexibility index (Phi) is 4.28. The Hall–Kier alpha value is -1.97. The van der Waals surface area contributed by atoms with Crippen LogP contribution in [0.5, 0.6) is 0 Å².